The summed E-state index contributed by atoms with van der Waals surface area (Å²) in [4.78, 5) is 0. The molecule has 1 heterocycles. The molecule has 0 bridgehead atoms. The minimum atomic E-state index is 0.494. The third-order valence-corrected chi connectivity index (χ3v) is 3.48. The van der Waals surface area contributed by atoms with E-state index in [2.05, 4.69) is 38.3 Å². The molecule has 1 saturated heterocycles. The van der Waals surface area contributed by atoms with Crippen molar-refractivity contribution >= 4 is 0 Å². The highest BCUT2D eigenvalue weighted by atomic mass is 16.5. The van der Waals surface area contributed by atoms with Crippen molar-refractivity contribution in [2.24, 2.45) is 17.8 Å². The van der Waals surface area contributed by atoms with E-state index in [-0.39, 0.29) is 0 Å². The topological polar surface area (TPSA) is 33.3 Å². The Morgan fingerprint density at radius 2 is 1.94 bits per heavy atom. The highest BCUT2D eigenvalue weighted by Crippen LogP contribution is 2.19. The summed E-state index contributed by atoms with van der Waals surface area (Å²) in [5.41, 5.74) is 0. The molecule has 1 atom stereocenters. The van der Waals surface area contributed by atoms with Crippen molar-refractivity contribution in [3.05, 3.63) is 0 Å². The van der Waals surface area contributed by atoms with Gasteiger partial charge in [0.2, 0.25) is 0 Å². The minimum Gasteiger partial charge on any atom is -0.378 e. The zero-order valence-corrected chi connectivity index (χ0v) is 11.3. The molecular formula is C13H28N2O. The van der Waals surface area contributed by atoms with Gasteiger partial charge in [-0.1, -0.05) is 27.7 Å². The van der Waals surface area contributed by atoms with Crippen LogP contribution in [0.5, 0.6) is 0 Å². The number of ether oxygens (including phenoxy) is 1. The molecule has 0 saturated carbocycles. The average molecular weight is 228 g/mol. The van der Waals surface area contributed by atoms with Crippen LogP contribution in [0.2, 0.25) is 0 Å². The summed E-state index contributed by atoms with van der Waals surface area (Å²) in [5, 5.41) is 7.04. The smallest absolute Gasteiger partial charge is 0.0632 e. The fourth-order valence-electron chi connectivity index (χ4n) is 2.42. The third-order valence-electron chi connectivity index (χ3n) is 3.48. The van der Waals surface area contributed by atoms with E-state index in [0.717, 1.165) is 50.6 Å². The molecule has 2 N–H and O–H groups in total. The average Bonchev–Trinajstić information content (AvgIpc) is 2.24. The van der Waals surface area contributed by atoms with Crippen LogP contribution in [0.25, 0.3) is 0 Å². The Labute approximate surface area is 100 Å². The number of rotatable bonds is 6. The van der Waals surface area contributed by atoms with Crippen molar-refractivity contribution in [1.82, 2.24) is 10.6 Å². The molecule has 0 amide bonds. The molecule has 1 aliphatic heterocycles. The largest absolute Gasteiger partial charge is 0.378 e. The Bertz CT molecular complexity index is 169. The maximum Gasteiger partial charge on any atom is 0.0632 e. The monoisotopic (exact) mass is 228 g/mol. The molecule has 0 radical (unpaired) electrons. The predicted molar refractivity (Wildman–Crippen MR) is 68.6 cm³/mol. The Hall–Kier alpha value is -0.120. The number of nitrogens with one attached hydrogen (secondary N) is 2. The summed E-state index contributed by atoms with van der Waals surface area (Å²) in [5.74, 6) is 2.27. The molecule has 16 heavy (non-hydrogen) atoms. The van der Waals surface area contributed by atoms with E-state index >= 15 is 0 Å². The van der Waals surface area contributed by atoms with Gasteiger partial charge in [0.15, 0.2) is 0 Å². The van der Waals surface area contributed by atoms with Crippen molar-refractivity contribution in [1.29, 1.82) is 0 Å². The van der Waals surface area contributed by atoms with Gasteiger partial charge in [-0.3, -0.25) is 0 Å². The first kappa shape index (κ1) is 13.9. The first-order valence-corrected chi connectivity index (χ1v) is 6.63. The van der Waals surface area contributed by atoms with Crippen LogP contribution >= 0.6 is 0 Å². The first-order valence-electron chi connectivity index (χ1n) is 6.63. The lowest BCUT2D eigenvalue weighted by Crippen LogP contribution is -2.48. The summed E-state index contributed by atoms with van der Waals surface area (Å²) >= 11 is 0. The van der Waals surface area contributed by atoms with Gasteiger partial charge in [0.25, 0.3) is 0 Å². The molecular weight excluding hydrogens is 200 g/mol. The van der Waals surface area contributed by atoms with Crippen LogP contribution < -0.4 is 10.6 Å². The Kier molecular flexibility index (Phi) is 6.32. The number of hydrogen-bond donors (Lipinski definition) is 2. The van der Waals surface area contributed by atoms with Crippen molar-refractivity contribution in [3.63, 3.8) is 0 Å². The molecule has 3 heteroatoms. The molecule has 3 nitrogen and oxygen atoms in total. The van der Waals surface area contributed by atoms with Crippen molar-refractivity contribution in [2.75, 3.05) is 32.8 Å². The Morgan fingerprint density at radius 3 is 2.44 bits per heavy atom. The summed E-state index contributed by atoms with van der Waals surface area (Å²) in [6.07, 6.45) is 0. The van der Waals surface area contributed by atoms with Gasteiger partial charge >= 0.3 is 0 Å². The predicted octanol–water partition coefficient (Wildman–Crippen LogP) is 1.49. The van der Waals surface area contributed by atoms with Gasteiger partial charge in [-0.2, -0.15) is 0 Å². The van der Waals surface area contributed by atoms with Gasteiger partial charge in [0.05, 0.1) is 13.2 Å². The maximum absolute atomic E-state index is 5.43. The van der Waals surface area contributed by atoms with Crippen LogP contribution in [0, 0.1) is 17.8 Å². The van der Waals surface area contributed by atoms with E-state index in [1.54, 1.807) is 0 Å². The van der Waals surface area contributed by atoms with Crippen LogP contribution in [0.4, 0.5) is 0 Å². The highest BCUT2D eigenvalue weighted by molar-refractivity contribution is 4.75. The summed E-state index contributed by atoms with van der Waals surface area (Å²) in [6.45, 7) is 14.1. The molecule has 1 rings (SSSR count). The van der Waals surface area contributed by atoms with Gasteiger partial charge in [-0.25, -0.2) is 0 Å². The van der Waals surface area contributed by atoms with Gasteiger partial charge in [-0.05, 0) is 24.3 Å². The quantitative estimate of drug-likeness (QED) is 0.723. The van der Waals surface area contributed by atoms with Crippen molar-refractivity contribution < 1.29 is 4.74 Å². The molecule has 0 aromatic carbocycles. The lowest BCUT2D eigenvalue weighted by Gasteiger charge is -2.28. The minimum absolute atomic E-state index is 0.494. The molecule has 1 aliphatic rings. The Balaban J connectivity index is 2.16. The molecule has 0 aliphatic carbocycles. The number of morpholine rings is 1. The van der Waals surface area contributed by atoms with E-state index in [4.69, 9.17) is 4.74 Å². The highest BCUT2D eigenvalue weighted by Gasteiger charge is 2.18. The second-order valence-corrected chi connectivity index (χ2v) is 5.54. The fourth-order valence-corrected chi connectivity index (χ4v) is 2.42. The van der Waals surface area contributed by atoms with Crippen LogP contribution in [-0.2, 0) is 4.74 Å². The molecule has 0 spiro atoms. The molecule has 0 aromatic rings. The summed E-state index contributed by atoms with van der Waals surface area (Å²) in [6, 6.07) is 0.494. The molecule has 0 aromatic heterocycles. The van der Waals surface area contributed by atoms with E-state index < -0.39 is 0 Å². The molecule has 1 unspecified atom stereocenters. The van der Waals surface area contributed by atoms with Crippen LogP contribution in [0.1, 0.15) is 27.7 Å². The van der Waals surface area contributed by atoms with Gasteiger partial charge in [0.1, 0.15) is 0 Å². The SMILES string of the molecule is CC(C)C(CNCC1COCCN1)C(C)C. The maximum atomic E-state index is 5.43. The van der Waals surface area contributed by atoms with Gasteiger partial charge in [0, 0.05) is 19.1 Å². The van der Waals surface area contributed by atoms with Crippen molar-refractivity contribution in [2.45, 2.75) is 33.7 Å². The summed E-state index contributed by atoms with van der Waals surface area (Å²) < 4.78 is 5.43. The molecule has 96 valence electrons. The van der Waals surface area contributed by atoms with E-state index in [1.807, 2.05) is 0 Å². The zero-order valence-electron chi connectivity index (χ0n) is 11.3. The standard InChI is InChI=1S/C13H28N2O/c1-10(2)13(11(3)4)8-14-7-12-9-16-6-5-15-12/h10-15H,5-9H2,1-4H3. The fraction of sp³-hybridized carbons (Fsp3) is 1.00. The van der Waals surface area contributed by atoms with Crippen molar-refractivity contribution in [3.8, 4) is 0 Å². The summed E-state index contributed by atoms with van der Waals surface area (Å²) in [7, 11) is 0. The number of hydrogen-bond acceptors (Lipinski definition) is 3. The van der Waals surface area contributed by atoms with Crippen LogP contribution in [0.15, 0.2) is 0 Å². The third kappa shape index (κ3) is 4.81. The lowest BCUT2D eigenvalue weighted by molar-refractivity contribution is 0.0759. The lowest BCUT2D eigenvalue weighted by atomic mass is 9.85. The second kappa shape index (κ2) is 7.25. The Morgan fingerprint density at radius 1 is 1.25 bits per heavy atom. The second-order valence-electron chi connectivity index (χ2n) is 5.54. The van der Waals surface area contributed by atoms with Crippen LogP contribution in [0.3, 0.4) is 0 Å². The zero-order chi connectivity index (χ0) is 12.0. The van der Waals surface area contributed by atoms with E-state index in [0.29, 0.717) is 6.04 Å². The van der Waals surface area contributed by atoms with Crippen LogP contribution in [-0.4, -0.2) is 38.9 Å². The van der Waals surface area contributed by atoms with Gasteiger partial charge < -0.3 is 15.4 Å². The first-order chi connectivity index (χ1) is 7.61. The van der Waals surface area contributed by atoms with E-state index in [9.17, 15) is 0 Å². The molecule has 1 fully saturated rings. The normalized spacial score (nSPS) is 22.3. The van der Waals surface area contributed by atoms with Gasteiger partial charge in [-0.15, -0.1) is 0 Å². The van der Waals surface area contributed by atoms with E-state index in [1.165, 1.54) is 0 Å².